The Bertz CT molecular complexity index is 1100. The highest BCUT2D eigenvalue weighted by molar-refractivity contribution is 6.19. The molecule has 1 aliphatic heterocycles. The third-order valence-corrected chi connectivity index (χ3v) is 5.48. The quantitative estimate of drug-likeness (QED) is 0.611. The molecule has 3 aromatic rings. The SMILES string of the molecule is Cc1ccc(N2C(=O)c3ccccc3C2C(=O)c2cc(C(C)C)ccc2O)cc1. The average molecular weight is 385 g/mol. The van der Waals surface area contributed by atoms with Gasteiger partial charge in [0.25, 0.3) is 5.91 Å². The van der Waals surface area contributed by atoms with Crippen molar-refractivity contribution in [2.24, 2.45) is 0 Å². The third kappa shape index (κ3) is 3.21. The lowest BCUT2D eigenvalue weighted by Gasteiger charge is -2.25. The van der Waals surface area contributed by atoms with Gasteiger partial charge in [-0.05, 0) is 54.3 Å². The van der Waals surface area contributed by atoms with Crippen molar-refractivity contribution in [3.8, 4) is 5.75 Å². The smallest absolute Gasteiger partial charge is 0.259 e. The van der Waals surface area contributed by atoms with Crippen LogP contribution in [0.5, 0.6) is 5.75 Å². The molecule has 0 aromatic heterocycles. The molecule has 1 aliphatic rings. The van der Waals surface area contributed by atoms with Crippen LogP contribution in [0, 0.1) is 6.92 Å². The Labute approximate surface area is 170 Å². The molecule has 0 radical (unpaired) electrons. The van der Waals surface area contributed by atoms with E-state index < -0.39 is 6.04 Å². The van der Waals surface area contributed by atoms with Gasteiger partial charge >= 0.3 is 0 Å². The fourth-order valence-corrected chi connectivity index (χ4v) is 3.80. The van der Waals surface area contributed by atoms with Crippen molar-refractivity contribution in [1.29, 1.82) is 0 Å². The van der Waals surface area contributed by atoms with Crippen molar-refractivity contribution in [3.05, 3.63) is 94.5 Å². The molecular weight excluding hydrogens is 362 g/mol. The first kappa shape index (κ1) is 18.9. The minimum atomic E-state index is -0.810. The molecule has 146 valence electrons. The lowest BCUT2D eigenvalue weighted by atomic mass is 9.93. The molecule has 1 atom stereocenters. The average Bonchev–Trinajstić information content (AvgIpc) is 3.01. The number of aromatic hydroxyl groups is 1. The van der Waals surface area contributed by atoms with E-state index in [0.29, 0.717) is 16.8 Å². The minimum Gasteiger partial charge on any atom is -0.507 e. The lowest BCUT2D eigenvalue weighted by molar-refractivity contribution is 0.0914. The second-order valence-electron chi connectivity index (χ2n) is 7.80. The predicted molar refractivity (Wildman–Crippen MR) is 114 cm³/mol. The van der Waals surface area contributed by atoms with Gasteiger partial charge in [0.05, 0.1) is 5.56 Å². The molecule has 0 aliphatic carbocycles. The fourth-order valence-electron chi connectivity index (χ4n) is 3.80. The standard InChI is InChI=1S/C25H23NO3/c1-15(2)17-10-13-22(27)21(14-17)24(28)23-19-6-4-5-7-20(19)25(29)26(23)18-11-8-16(3)9-12-18/h4-15,23,27H,1-3H3. The Balaban J connectivity index is 1.86. The van der Waals surface area contributed by atoms with Gasteiger partial charge in [0, 0.05) is 11.3 Å². The van der Waals surface area contributed by atoms with Gasteiger partial charge in [0.1, 0.15) is 11.8 Å². The Morgan fingerprint density at radius 3 is 2.38 bits per heavy atom. The molecule has 0 fully saturated rings. The van der Waals surface area contributed by atoms with Crippen LogP contribution in [0.15, 0.2) is 66.7 Å². The molecule has 0 saturated heterocycles. The number of carbonyl (C=O) groups is 2. The molecule has 0 bridgehead atoms. The van der Waals surface area contributed by atoms with Crippen LogP contribution in [0.2, 0.25) is 0 Å². The van der Waals surface area contributed by atoms with E-state index in [1.165, 1.54) is 4.90 Å². The van der Waals surface area contributed by atoms with E-state index in [1.54, 1.807) is 24.3 Å². The maximum atomic E-state index is 13.6. The Kier molecular flexibility index (Phi) is 4.71. The van der Waals surface area contributed by atoms with Gasteiger partial charge in [0.2, 0.25) is 0 Å². The van der Waals surface area contributed by atoms with Crippen molar-refractivity contribution in [2.45, 2.75) is 32.7 Å². The number of carbonyl (C=O) groups excluding carboxylic acids is 2. The zero-order valence-electron chi connectivity index (χ0n) is 16.7. The molecule has 1 heterocycles. The fraction of sp³-hybridized carbons (Fsp3) is 0.200. The summed E-state index contributed by atoms with van der Waals surface area (Å²) in [6.07, 6.45) is 0. The van der Waals surface area contributed by atoms with Crippen LogP contribution in [-0.2, 0) is 0 Å². The van der Waals surface area contributed by atoms with Crippen molar-refractivity contribution >= 4 is 17.4 Å². The second kappa shape index (κ2) is 7.21. The van der Waals surface area contributed by atoms with Crippen LogP contribution >= 0.6 is 0 Å². The Morgan fingerprint density at radius 2 is 1.69 bits per heavy atom. The van der Waals surface area contributed by atoms with E-state index >= 15 is 0 Å². The molecule has 0 spiro atoms. The lowest BCUT2D eigenvalue weighted by Crippen LogP contribution is -2.32. The summed E-state index contributed by atoms with van der Waals surface area (Å²) in [6.45, 7) is 6.05. The van der Waals surface area contributed by atoms with E-state index in [9.17, 15) is 14.7 Å². The number of amides is 1. The maximum Gasteiger partial charge on any atom is 0.259 e. The van der Waals surface area contributed by atoms with Gasteiger partial charge in [-0.3, -0.25) is 14.5 Å². The summed E-state index contributed by atoms with van der Waals surface area (Å²) >= 11 is 0. The molecular formula is C25H23NO3. The minimum absolute atomic E-state index is 0.0694. The van der Waals surface area contributed by atoms with Crippen LogP contribution in [0.25, 0.3) is 0 Å². The number of hydrogen-bond acceptors (Lipinski definition) is 3. The number of benzene rings is 3. The van der Waals surface area contributed by atoms with Crippen LogP contribution in [0.4, 0.5) is 5.69 Å². The Hall–Kier alpha value is -3.40. The topological polar surface area (TPSA) is 57.6 Å². The molecule has 3 aromatic carbocycles. The van der Waals surface area contributed by atoms with E-state index in [1.807, 2.05) is 63.2 Å². The van der Waals surface area contributed by atoms with Gasteiger partial charge in [-0.25, -0.2) is 0 Å². The second-order valence-corrected chi connectivity index (χ2v) is 7.80. The predicted octanol–water partition coefficient (Wildman–Crippen LogP) is 5.41. The number of rotatable bonds is 4. The molecule has 4 rings (SSSR count). The maximum absolute atomic E-state index is 13.6. The van der Waals surface area contributed by atoms with Crippen molar-refractivity contribution in [3.63, 3.8) is 0 Å². The highest BCUT2D eigenvalue weighted by atomic mass is 16.3. The van der Waals surface area contributed by atoms with E-state index in [4.69, 9.17) is 0 Å². The number of fused-ring (bicyclic) bond motifs is 1. The summed E-state index contributed by atoms with van der Waals surface area (Å²) in [5.74, 6) is -0.348. The first-order chi connectivity index (χ1) is 13.9. The van der Waals surface area contributed by atoms with E-state index in [-0.39, 0.29) is 28.9 Å². The number of Topliss-reactive ketones (excluding diaryl/α,β-unsaturated/α-hetero) is 1. The van der Waals surface area contributed by atoms with Gasteiger partial charge in [-0.1, -0.05) is 55.8 Å². The molecule has 0 saturated carbocycles. The molecule has 1 N–H and O–H groups in total. The van der Waals surface area contributed by atoms with Crippen molar-refractivity contribution in [1.82, 2.24) is 0 Å². The highest BCUT2D eigenvalue weighted by Gasteiger charge is 2.42. The molecule has 29 heavy (non-hydrogen) atoms. The van der Waals surface area contributed by atoms with Crippen LogP contribution in [0.1, 0.15) is 63.2 Å². The van der Waals surface area contributed by atoms with Gasteiger partial charge in [0.15, 0.2) is 5.78 Å². The monoisotopic (exact) mass is 385 g/mol. The van der Waals surface area contributed by atoms with E-state index in [0.717, 1.165) is 11.1 Å². The number of phenolic OH excluding ortho intramolecular Hbond substituents is 1. The van der Waals surface area contributed by atoms with Crippen LogP contribution in [0.3, 0.4) is 0 Å². The van der Waals surface area contributed by atoms with Crippen LogP contribution < -0.4 is 4.90 Å². The van der Waals surface area contributed by atoms with E-state index in [2.05, 4.69) is 0 Å². The third-order valence-electron chi connectivity index (χ3n) is 5.48. The zero-order valence-corrected chi connectivity index (χ0v) is 16.7. The largest absolute Gasteiger partial charge is 0.507 e. The summed E-state index contributed by atoms with van der Waals surface area (Å²) in [5.41, 5.74) is 4.12. The van der Waals surface area contributed by atoms with Crippen molar-refractivity contribution in [2.75, 3.05) is 4.90 Å². The summed E-state index contributed by atoms with van der Waals surface area (Å²) in [4.78, 5) is 28.4. The van der Waals surface area contributed by atoms with Gasteiger partial charge in [-0.15, -0.1) is 0 Å². The highest BCUT2D eigenvalue weighted by Crippen LogP contribution is 2.40. The number of phenols is 1. The number of anilines is 1. The summed E-state index contributed by atoms with van der Waals surface area (Å²) in [7, 11) is 0. The molecule has 1 amide bonds. The first-order valence-electron chi connectivity index (χ1n) is 9.74. The van der Waals surface area contributed by atoms with Crippen LogP contribution in [-0.4, -0.2) is 16.8 Å². The van der Waals surface area contributed by atoms with Gasteiger partial charge in [-0.2, -0.15) is 0 Å². The summed E-state index contributed by atoms with van der Waals surface area (Å²) < 4.78 is 0. The molecule has 4 heteroatoms. The van der Waals surface area contributed by atoms with Crippen molar-refractivity contribution < 1.29 is 14.7 Å². The van der Waals surface area contributed by atoms with Gasteiger partial charge < -0.3 is 5.11 Å². The normalized spacial score (nSPS) is 15.7. The Morgan fingerprint density at radius 1 is 1.00 bits per heavy atom. The number of aryl methyl sites for hydroxylation is 1. The zero-order chi connectivity index (χ0) is 20.7. The number of nitrogens with zero attached hydrogens (tertiary/aromatic N) is 1. The number of hydrogen-bond donors (Lipinski definition) is 1. The first-order valence-corrected chi connectivity index (χ1v) is 9.74. The summed E-state index contributed by atoms with van der Waals surface area (Å²) in [5, 5.41) is 10.4. The molecule has 4 nitrogen and oxygen atoms in total. The molecule has 1 unspecified atom stereocenters. The number of ketones is 1. The summed E-state index contributed by atoms with van der Waals surface area (Å²) in [6, 6.07) is 19.0.